The fraction of sp³-hybridized carbons (Fsp3) is 0.800. The number of aliphatic hydroxyl groups is 2. The minimum atomic E-state index is -1.28. The summed E-state index contributed by atoms with van der Waals surface area (Å²) in [6.07, 6.45) is 2.35. The fourth-order valence-electron chi connectivity index (χ4n) is 0.832. The molecule has 5 nitrogen and oxygen atoms in total. The number of rotatable bonds is 5. The van der Waals surface area contributed by atoms with Gasteiger partial charge < -0.3 is 24.4 Å². The van der Waals surface area contributed by atoms with E-state index in [0.29, 0.717) is 12.2 Å². The van der Waals surface area contributed by atoms with Crippen molar-refractivity contribution in [2.75, 3.05) is 26.4 Å². The van der Waals surface area contributed by atoms with Gasteiger partial charge in [0.05, 0.1) is 26.4 Å². The molecule has 2 atom stereocenters. The molecule has 2 heterocycles. The lowest BCUT2D eigenvalue weighted by molar-refractivity contribution is 0.00228. The summed E-state index contributed by atoms with van der Waals surface area (Å²) in [4.78, 5) is 0. The van der Waals surface area contributed by atoms with Crippen molar-refractivity contribution in [2.24, 2.45) is 0 Å². The number of allylic oxidation sites excluding steroid dienone is 1. The first kappa shape index (κ1) is 12.6. The van der Waals surface area contributed by atoms with Crippen molar-refractivity contribution in [1.29, 1.82) is 0 Å². The Morgan fingerprint density at radius 1 is 1.27 bits per heavy atom. The molecule has 0 amide bonds. The van der Waals surface area contributed by atoms with E-state index < -0.39 is 6.29 Å². The molecule has 0 aromatic rings. The first-order valence-corrected chi connectivity index (χ1v) is 5.02. The summed E-state index contributed by atoms with van der Waals surface area (Å²) in [6.45, 7) is 4.98. The molecule has 5 heteroatoms. The lowest BCUT2D eigenvalue weighted by Crippen LogP contribution is -2.06. The van der Waals surface area contributed by atoms with Crippen LogP contribution in [0.1, 0.15) is 6.92 Å². The minimum Gasteiger partial charge on any atom is -0.376 e. The average molecular weight is 218 g/mol. The summed E-state index contributed by atoms with van der Waals surface area (Å²) < 4.78 is 15.1. The monoisotopic (exact) mass is 218 g/mol. The Kier molecular flexibility index (Phi) is 5.82. The molecule has 2 rings (SSSR count). The molecule has 0 aromatic carbocycles. The first-order chi connectivity index (χ1) is 7.22. The maximum absolute atomic E-state index is 8.02. The summed E-state index contributed by atoms with van der Waals surface area (Å²) in [5.41, 5.74) is 0. The van der Waals surface area contributed by atoms with Crippen LogP contribution in [0.2, 0.25) is 0 Å². The van der Waals surface area contributed by atoms with Crippen LogP contribution in [0.15, 0.2) is 12.2 Å². The molecule has 0 aliphatic carbocycles. The van der Waals surface area contributed by atoms with Crippen molar-refractivity contribution in [3.8, 4) is 0 Å². The Hall–Kier alpha value is -0.460. The van der Waals surface area contributed by atoms with E-state index in [1.807, 2.05) is 0 Å². The van der Waals surface area contributed by atoms with Gasteiger partial charge in [-0.25, -0.2) is 0 Å². The van der Waals surface area contributed by atoms with Crippen LogP contribution in [0.25, 0.3) is 0 Å². The SMILES string of the molecule is C(OCC1CO1)C1CO1.C/C=C/C(O)O. The second-order valence-electron chi connectivity index (χ2n) is 3.39. The molecular weight excluding hydrogens is 200 g/mol. The topological polar surface area (TPSA) is 74.8 Å². The molecule has 15 heavy (non-hydrogen) atoms. The third-order valence-corrected chi connectivity index (χ3v) is 1.78. The zero-order valence-electron chi connectivity index (χ0n) is 8.83. The van der Waals surface area contributed by atoms with Crippen LogP contribution in [0.3, 0.4) is 0 Å². The highest BCUT2D eigenvalue weighted by atomic mass is 16.6. The molecule has 2 aliphatic heterocycles. The zero-order valence-corrected chi connectivity index (χ0v) is 8.83. The van der Waals surface area contributed by atoms with Crippen LogP contribution < -0.4 is 0 Å². The van der Waals surface area contributed by atoms with E-state index in [0.717, 1.165) is 26.4 Å². The van der Waals surface area contributed by atoms with Crippen LogP contribution >= 0.6 is 0 Å². The number of epoxide rings is 2. The number of ether oxygens (including phenoxy) is 3. The average Bonchev–Trinajstić information content (AvgIpc) is 2.99. The van der Waals surface area contributed by atoms with E-state index in [4.69, 9.17) is 24.4 Å². The van der Waals surface area contributed by atoms with E-state index in [1.54, 1.807) is 13.0 Å². The molecule has 88 valence electrons. The van der Waals surface area contributed by atoms with Crippen molar-refractivity contribution in [3.63, 3.8) is 0 Å². The number of aliphatic hydroxyl groups excluding tert-OH is 1. The molecule has 2 unspecified atom stereocenters. The largest absolute Gasteiger partial charge is 0.376 e. The highest BCUT2D eigenvalue weighted by Crippen LogP contribution is 2.12. The highest BCUT2D eigenvalue weighted by molar-refractivity contribution is 4.78. The molecule has 0 bridgehead atoms. The van der Waals surface area contributed by atoms with Gasteiger partial charge in [-0.05, 0) is 13.0 Å². The second-order valence-corrected chi connectivity index (χ2v) is 3.39. The molecule has 2 N–H and O–H groups in total. The van der Waals surface area contributed by atoms with E-state index >= 15 is 0 Å². The van der Waals surface area contributed by atoms with Gasteiger partial charge >= 0.3 is 0 Å². The van der Waals surface area contributed by atoms with Crippen LogP contribution in [0.5, 0.6) is 0 Å². The molecule has 0 aromatic heterocycles. The van der Waals surface area contributed by atoms with Crippen molar-refractivity contribution in [3.05, 3.63) is 12.2 Å². The molecule has 0 spiro atoms. The van der Waals surface area contributed by atoms with Crippen molar-refractivity contribution in [1.82, 2.24) is 0 Å². The first-order valence-electron chi connectivity index (χ1n) is 5.02. The van der Waals surface area contributed by atoms with Gasteiger partial charge in [0.15, 0.2) is 6.29 Å². The van der Waals surface area contributed by atoms with E-state index in [-0.39, 0.29) is 0 Å². The van der Waals surface area contributed by atoms with Gasteiger partial charge in [-0.2, -0.15) is 0 Å². The smallest absolute Gasteiger partial charge is 0.171 e. The second kappa shape index (κ2) is 6.92. The molecule has 2 fully saturated rings. The van der Waals surface area contributed by atoms with Crippen molar-refractivity contribution < 1.29 is 24.4 Å². The van der Waals surface area contributed by atoms with Gasteiger partial charge in [0.1, 0.15) is 12.2 Å². The summed E-state index contributed by atoms with van der Waals surface area (Å²) in [6, 6.07) is 0. The van der Waals surface area contributed by atoms with Gasteiger partial charge in [-0.1, -0.05) is 6.08 Å². The van der Waals surface area contributed by atoms with Gasteiger partial charge in [0.25, 0.3) is 0 Å². The Balaban J connectivity index is 0.000000167. The standard InChI is InChI=1S/C6H10O3.C4H8O2/c1(5-3-8-5)7-2-6-4-9-6;1-2-3-4(5)6/h5-6H,1-4H2;2-6H,1H3/b;3-2+. The highest BCUT2D eigenvalue weighted by Gasteiger charge is 2.26. The maximum Gasteiger partial charge on any atom is 0.171 e. The van der Waals surface area contributed by atoms with Crippen LogP contribution in [-0.4, -0.2) is 55.1 Å². The van der Waals surface area contributed by atoms with Gasteiger partial charge in [-0.3, -0.25) is 0 Å². The van der Waals surface area contributed by atoms with Crippen molar-refractivity contribution >= 4 is 0 Å². The van der Waals surface area contributed by atoms with E-state index in [2.05, 4.69) is 0 Å². The minimum absolute atomic E-state index is 0.392. The lowest BCUT2D eigenvalue weighted by atomic mass is 10.5. The predicted molar refractivity (Wildman–Crippen MR) is 53.3 cm³/mol. The van der Waals surface area contributed by atoms with Crippen LogP contribution in [0, 0.1) is 0 Å². The Morgan fingerprint density at radius 2 is 1.73 bits per heavy atom. The maximum atomic E-state index is 8.02. The fourth-order valence-corrected chi connectivity index (χ4v) is 0.832. The summed E-state index contributed by atoms with van der Waals surface area (Å²) in [7, 11) is 0. The normalized spacial score (nSPS) is 27.7. The summed E-state index contributed by atoms with van der Waals surface area (Å²) >= 11 is 0. The summed E-state index contributed by atoms with van der Waals surface area (Å²) in [5.74, 6) is 0. The molecule has 2 saturated heterocycles. The molecule has 2 aliphatic rings. The van der Waals surface area contributed by atoms with E-state index in [1.165, 1.54) is 6.08 Å². The number of hydrogen-bond donors (Lipinski definition) is 2. The van der Waals surface area contributed by atoms with Gasteiger partial charge in [0, 0.05) is 0 Å². The zero-order chi connectivity index (χ0) is 11.1. The Morgan fingerprint density at radius 3 is 1.93 bits per heavy atom. The quantitative estimate of drug-likeness (QED) is 0.375. The van der Waals surface area contributed by atoms with Crippen LogP contribution in [0.4, 0.5) is 0 Å². The summed E-state index contributed by atoms with van der Waals surface area (Å²) in [5, 5.41) is 16.0. The third kappa shape index (κ3) is 8.53. The number of hydrogen-bond acceptors (Lipinski definition) is 5. The third-order valence-electron chi connectivity index (χ3n) is 1.78. The molecule has 0 radical (unpaired) electrons. The lowest BCUT2D eigenvalue weighted by Gasteiger charge is -1.95. The Labute approximate surface area is 89.3 Å². The predicted octanol–water partition coefficient (Wildman–Crippen LogP) is -0.326. The van der Waals surface area contributed by atoms with Crippen LogP contribution in [-0.2, 0) is 14.2 Å². The Bertz CT molecular complexity index is 172. The molecule has 0 saturated carbocycles. The molecular formula is C10H18O5. The van der Waals surface area contributed by atoms with E-state index in [9.17, 15) is 0 Å². The van der Waals surface area contributed by atoms with Gasteiger partial charge in [-0.15, -0.1) is 0 Å². The van der Waals surface area contributed by atoms with Gasteiger partial charge in [0.2, 0.25) is 0 Å². The van der Waals surface area contributed by atoms with Crippen molar-refractivity contribution in [2.45, 2.75) is 25.4 Å².